The number of aliphatic carboxylic acids is 1. The molecule has 0 saturated heterocycles. The molecule has 0 radical (unpaired) electrons. The summed E-state index contributed by atoms with van der Waals surface area (Å²) in [5.41, 5.74) is 3.23. The molecular formula is C15H18N4O3S. The zero-order valence-electron chi connectivity index (χ0n) is 13.2. The van der Waals surface area contributed by atoms with Crippen LogP contribution in [-0.2, 0) is 4.79 Å². The maximum absolute atomic E-state index is 11.9. The van der Waals surface area contributed by atoms with E-state index in [4.69, 9.17) is 5.11 Å². The lowest BCUT2D eigenvalue weighted by Gasteiger charge is -2.15. The van der Waals surface area contributed by atoms with Crippen LogP contribution in [0.25, 0.3) is 10.6 Å². The molecule has 0 aliphatic heterocycles. The van der Waals surface area contributed by atoms with Crippen molar-refractivity contribution in [1.82, 2.24) is 15.1 Å². The zero-order valence-corrected chi connectivity index (χ0v) is 14.0. The van der Waals surface area contributed by atoms with Gasteiger partial charge in [-0.1, -0.05) is 28.5 Å². The van der Waals surface area contributed by atoms with Gasteiger partial charge in [0.15, 0.2) is 0 Å². The van der Waals surface area contributed by atoms with E-state index in [-0.39, 0.29) is 13.0 Å². The Kier molecular flexibility index (Phi) is 5.28. The lowest BCUT2D eigenvalue weighted by molar-refractivity contribution is -0.137. The highest BCUT2D eigenvalue weighted by Gasteiger charge is 2.14. The summed E-state index contributed by atoms with van der Waals surface area (Å²) in [6.45, 7) is 4.15. The molecule has 23 heavy (non-hydrogen) atoms. The molecule has 7 nitrogen and oxygen atoms in total. The average molecular weight is 334 g/mol. The van der Waals surface area contributed by atoms with Crippen LogP contribution in [0, 0.1) is 13.8 Å². The number of benzene rings is 1. The lowest BCUT2D eigenvalue weighted by Crippen LogP contribution is -2.33. The first kappa shape index (κ1) is 16.9. The van der Waals surface area contributed by atoms with Crippen LogP contribution < -0.4 is 5.32 Å². The lowest BCUT2D eigenvalue weighted by atomic mass is 10.1. The van der Waals surface area contributed by atoms with Crippen molar-refractivity contribution in [2.45, 2.75) is 20.3 Å². The molecule has 2 aromatic rings. The number of nitrogens with zero attached hydrogens (tertiary/aromatic N) is 3. The first-order chi connectivity index (χ1) is 10.8. The molecule has 0 atom stereocenters. The van der Waals surface area contributed by atoms with Gasteiger partial charge in [-0.2, -0.15) is 0 Å². The molecule has 2 rings (SSSR count). The number of hydrogen-bond donors (Lipinski definition) is 2. The van der Waals surface area contributed by atoms with Gasteiger partial charge in [-0.15, -0.1) is 10.2 Å². The van der Waals surface area contributed by atoms with Gasteiger partial charge in [-0.05, 0) is 26.0 Å². The van der Waals surface area contributed by atoms with Crippen molar-refractivity contribution in [3.63, 3.8) is 0 Å². The summed E-state index contributed by atoms with van der Waals surface area (Å²) in [5.74, 6) is -0.947. The van der Waals surface area contributed by atoms with Gasteiger partial charge in [0.2, 0.25) is 5.13 Å². The van der Waals surface area contributed by atoms with Gasteiger partial charge < -0.3 is 10.0 Å². The summed E-state index contributed by atoms with van der Waals surface area (Å²) < 4.78 is 0. The van der Waals surface area contributed by atoms with Crippen molar-refractivity contribution < 1.29 is 14.7 Å². The van der Waals surface area contributed by atoms with Crippen LogP contribution in [0.15, 0.2) is 18.2 Å². The molecule has 0 bridgehead atoms. The van der Waals surface area contributed by atoms with Gasteiger partial charge in [0.25, 0.3) is 0 Å². The van der Waals surface area contributed by atoms with E-state index in [2.05, 4.69) is 21.6 Å². The molecule has 0 aliphatic carbocycles. The minimum absolute atomic E-state index is 0.103. The fourth-order valence-electron chi connectivity index (χ4n) is 2.04. The standard InChI is InChI=1S/C15H18N4O3S/c1-9-6-10(2)8-11(7-9)13-17-18-14(23-13)16-15(22)19(3)5-4-12(20)21/h6-8H,4-5H2,1-3H3,(H,20,21)(H,16,18,22). The number of anilines is 1. The molecule has 2 N–H and O–H groups in total. The Balaban J connectivity index is 2.04. The van der Waals surface area contributed by atoms with Gasteiger partial charge in [-0.3, -0.25) is 10.1 Å². The minimum Gasteiger partial charge on any atom is -0.481 e. The number of amides is 2. The molecule has 1 aromatic heterocycles. The molecule has 0 spiro atoms. The number of urea groups is 1. The van der Waals surface area contributed by atoms with Gasteiger partial charge in [0.05, 0.1) is 6.42 Å². The topological polar surface area (TPSA) is 95.4 Å². The normalized spacial score (nSPS) is 10.4. The number of carbonyl (C=O) groups is 2. The number of rotatable bonds is 5. The van der Waals surface area contributed by atoms with Crippen LogP contribution in [0.4, 0.5) is 9.93 Å². The quantitative estimate of drug-likeness (QED) is 0.876. The second-order valence-corrected chi connectivity index (χ2v) is 6.26. The number of nitrogens with one attached hydrogen (secondary N) is 1. The van der Waals surface area contributed by atoms with E-state index in [0.717, 1.165) is 21.7 Å². The molecule has 1 heterocycles. The van der Waals surface area contributed by atoms with E-state index >= 15 is 0 Å². The minimum atomic E-state index is -0.947. The molecular weight excluding hydrogens is 316 g/mol. The van der Waals surface area contributed by atoms with Crippen LogP contribution in [0.2, 0.25) is 0 Å². The molecule has 0 fully saturated rings. The third kappa shape index (κ3) is 4.75. The second-order valence-electron chi connectivity index (χ2n) is 5.28. The number of carboxylic acids is 1. The Morgan fingerprint density at radius 2 is 1.87 bits per heavy atom. The van der Waals surface area contributed by atoms with Crippen molar-refractivity contribution in [2.75, 3.05) is 18.9 Å². The van der Waals surface area contributed by atoms with Gasteiger partial charge in [0, 0.05) is 19.2 Å². The predicted molar refractivity (Wildman–Crippen MR) is 88.7 cm³/mol. The Bertz CT molecular complexity index is 709. The SMILES string of the molecule is Cc1cc(C)cc(-c2nnc(NC(=O)N(C)CCC(=O)O)s2)c1. The van der Waals surface area contributed by atoms with Gasteiger partial charge in [-0.25, -0.2) is 4.79 Å². The first-order valence-electron chi connectivity index (χ1n) is 7.01. The summed E-state index contributed by atoms with van der Waals surface area (Å²) in [5, 5.41) is 20.4. The van der Waals surface area contributed by atoms with E-state index in [1.165, 1.54) is 23.3 Å². The third-order valence-corrected chi connectivity index (χ3v) is 4.00. The van der Waals surface area contributed by atoms with Crippen LogP contribution >= 0.6 is 11.3 Å². The maximum Gasteiger partial charge on any atom is 0.323 e. The number of hydrogen-bond acceptors (Lipinski definition) is 5. The first-order valence-corrected chi connectivity index (χ1v) is 7.83. The van der Waals surface area contributed by atoms with Crippen molar-refractivity contribution in [3.8, 4) is 10.6 Å². The molecule has 0 aliphatic rings. The fraction of sp³-hybridized carbons (Fsp3) is 0.333. The summed E-state index contributed by atoms with van der Waals surface area (Å²) in [6, 6.07) is 5.69. The molecule has 8 heteroatoms. The highest BCUT2D eigenvalue weighted by Crippen LogP contribution is 2.27. The maximum atomic E-state index is 11.9. The van der Waals surface area contributed by atoms with E-state index < -0.39 is 12.0 Å². The smallest absolute Gasteiger partial charge is 0.323 e. The summed E-state index contributed by atoms with van der Waals surface area (Å²) in [6.07, 6.45) is -0.103. The molecule has 0 unspecified atom stereocenters. The second kappa shape index (κ2) is 7.19. The highest BCUT2D eigenvalue weighted by atomic mass is 32.1. The van der Waals surface area contributed by atoms with Crippen LogP contribution in [-0.4, -0.2) is 45.8 Å². The summed E-state index contributed by atoms with van der Waals surface area (Å²) in [7, 11) is 1.53. The van der Waals surface area contributed by atoms with Gasteiger partial charge in [0.1, 0.15) is 5.01 Å². The van der Waals surface area contributed by atoms with Crippen LogP contribution in [0.1, 0.15) is 17.5 Å². The largest absolute Gasteiger partial charge is 0.481 e. The Morgan fingerprint density at radius 3 is 2.48 bits per heavy atom. The number of aryl methyl sites for hydroxylation is 2. The van der Waals surface area contributed by atoms with Crippen molar-refractivity contribution in [2.24, 2.45) is 0 Å². The Labute approximate surface area is 138 Å². The molecule has 122 valence electrons. The Hall–Kier alpha value is -2.48. The highest BCUT2D eigenvalue weighted by molar-refractivity contribution is 7.18. The van der Waals surface area contributed by atoms with Crippen LogP contribution in [0.5, 0.6) is 0 Å². The summed E-state index contributed by atoms with van der Waals surface area (Å²) in [4.78, 5) is 23.8. The molecule has 2 amide bonds. The molecule has 0 saturated carbocycles. The monoisotopic (exact) mass is 334 g/mol. The summed E-state index contributed by atoms with van der Waals surface area (Å²) >= 11 is 1.28. The van der Waals surface area contributed by atoms with Gasteiger partial charge >= 0.3 is 12.0 Å². The van der Waals surface area contributed by atoms with Crippen molar-refractivity contribution >= 4 is 28.5 Å². The Morgan fingerprint density at radius 1 is 1.22 bits per heavy atom. The van der Waals surface area contributed by atoms with E-state index in [0.29, 0.717) is 5.13 Å². The average Bonchev–Trinajstić information content (AvgIpc) is 2.92. The van der Waals surface area contributed by atoms with E-state index in [9.17, 15) is 9.59 Å². The van der Waals surface area contributed by atoms with Crippen LogP contribution in [0.3, 0.4) is 0 Å². The number of carboxylic acid groups (broad SMARTS) is 1. The van der Waals surface area contributed by atoms with E-state index in [1.807, 2.05) is 26.0 Å². The third-order valence-electron chi connectivity index (χ3n) is 3.12. The van der Waals surface area contributed by atoms with E-state index in [1.54, 1.807) is 0 Å². The predicted octanol–water partition coefficient (Wildman–Crippen LogP) is 2.76. The van der Waals surface area contributed by atoms with Crippen molar-refractivity contribution in [3.05, 3.63) is 29.3 Å². The zero-order chi connectivity index (χ0) is 17.0. The number of carbonyl (C=O) groups excluding carboxylic acids is 1. The fourth-order valence-corrected chi connectivity index (χ4v) is 2.76. The number of aromatic nitrogens is 2. The van der Waals surface area contributed by atoms with Crippen molar-refractivity contribution in [1.29, 1.82) is 0 Å². The molecule has 1 aromatic carbocycles.